The Balaban J connectivity index is 2.12. The lowest BCUT2D eigenvalue weighted by atomic mass is 10.1. The Labute approximate surface area is 146 Å². The van der Waals surface area contributed by atoms with Gasteiger partial charge in [0.25, 0.3) is 5.91 Å². The Hall–Kier alpha value is -1.81. The quantitative estimate of drug-likeness (QED) is 0.730. The van der Waals surface area contributed by atoms with Crippen molar-refractivity contribution in [3.05, 3.63) is 58.1 Å². The summed E-state index contributed by atoms with van der Waals surface area (Å²) in [6.45, 7) is 6.91. The number of halogens is 1. The average molecular weight is 376 g/mol. The molecule has 2 rings (SSSR count). The van der Waals surface area contributed by atoms with E-state index < -0.39 is 0 Å². The maximum Gasteiger partial charge on any atom is 0.259 e. The molecule has 0 aromatic heterocycles. The van der Waals surface area contributed by atoms with Crippen molar-refractivity contribution in [1.82, 2.24) is 0 Å². The molecule has 2 aromatic carbocycles. The molecule has 23 heavy (non-hydrogen) atoms. The molecule has 0 aliphatic rings. The molecular formula is C19H22BrNO2. The molecule has 0 aliphatic carbocycles. The molecule has 2 aromatic rings. The second-order valence-electron chi connectivity index (χ2n) is 5.96. The van der Waals surface area contributed by atoms with E-state index in [0.29, 0.717) is 23.8 Å². The number of para-hydroxylation sites is 1. The lowest BCUT2D eigenvalue weighted by molar-refractivity contribution is 0.102. The summed E-state index contributed by atoms with van der Waals surface area (Å²) in [4.78, 5) is 12.6. The second-order valence-corrected chi connectivity index (χ2v) is 6.82. The standard InChI is InChI=1S/C19H22BrNO2/c1-13(2)10-11-23-18-7-5-4-6-15(18)19(22)21-17-9-8-14(3)12-16(17)20/h4-9,12-13H,10-11H2,1-3H3,(H,21,22). The third-order valence-corrected chi connectivity index (χ3v) is 4.11. The van der Waals surface area contributed by atoms with Crippen LogP contribution in [-0.4, -0.2) is 12.5 Å². The number of nitrogens with one attached hydrogen (secondary N) is 1. The highest BCUT2D eigenvalue weighted by Gasteiger charge is 2.13. The molecule has 0 heterocycles. The number of hydrogen-bond donors (Lipinski definition) is 1. The third kappa shape index (κ3) is 5.10. The molecule has 0 bridgehead atoms. The molecule has 0 saturated heterocycles. The minimum absolute atomic E-state index is 0.172. The summed E-state index contributed by atoms with van der Waals surface area (Å²) in [6, 6.07) is 13.2. The maximum absolute atomic E-state index is 12.6. The zero-order chi connectivity index (χ0) is 16.8. The highest BCUT2D eigenvalue weighted by molar-refractivity contribution is 9.10. The summed E-state index contributed by atoms with van der Waals surface area (Å²) in [7, 11) is 0. The summed E-state index contributed by atoms with van der Waals surface area (Å²) in [5.41, 5.74) is 2.42. The summed E-state index contributed by atoms with van der Waals surface area (Å²) in [6.07, 6.45) is 0.958. The number of amides is 1. The fraction of sp³-hybridized carbons (Fsp3) is 0.316. The summed E-state index contributed by atoms with van der Waals surface area (Å²) in [5, 5.41) is 2.93. The molecule has 122 valence electrons. The van der Waals surface area contributed by atoms with Crippen molar-refractivity contribution in [2.45, 2.75) is 27.2 Å². The largest absolute Gasteiger partial charge is 0.493 e. The molecule has 0 unspecified atom stereocenters. The van der Waals surface area contributed by atoms with Crippen molar-refractivity contribution in [2.24, 2.45) is 5.92 Å². The summed E-state index contributed by atoms with van der Waals surface area (Å²) in [5.74, 6) is 1.02. The number of benzene rings is 2. The van der Waals surface area contributed by atoms with Crippen LogP contribution < -0.4 is 10.1 Å². The van der Waals surface area contributed by atoms with Crippen LogP contribution in [0.3, 0.4) is 0 Å². The molecule has 1 N–H and O–H groups in total. The Morgan fingerprint density at radius 2 is 1.96 bits per heavy atom. The van der Waals surface area contributed by atoms with Gasteiger partial charge >= 0.3 is 0 Å². The first-order valence-corrected chi connectivity index (χ1v) is 8.56. The number of carbonyl (C=O) groups excluding carboxylic acids is 1. The molecule has 0 saturated carbocycles. The van der Waals surface area contributed by atoms with Crippen molar-refractivity contribution < 1.29 is 9.53 Å². The van der Waals surface area contributed by atoms with Gasteiger partial charge in [-0.05, 0) is 65.0 Å². The van der Waals surface area contributed by atoms with Crippen LogP contribution in [0.15, 0.2) is 46.9 Å². The van der Waals surface area contributed by atoms with Crippen LogP contribution in [0, 0.1) is 12.8 Å². The number of ether oxygens (including phenoxy) is 1. The molecule has 0 fully saturated rings. The Morgan fingerprint density at radius 1 is 1.22 bits per heavy atom. The van der Waals surface area contributed by atoms with Crippen molar-refractivity contribution in [1.29, 1.82) is 0 Å². The normalized spacial score (nSPS) is 10.7. The Bertz CT molecular complexity index is 683. The van der Waals surface area contributed by atoms with Crippen molar-refractivity contribution in [2.75, 3.05) is 11.9 Å². The van der Waals surface area contributed by atoms with Gasteiger partial charge in [0.1, 0.15) is 5.75 Å². The minimum Gasteiger partial charge on any atom is -0.493 e. The molecule has 0 radical (unpaired) electrons. The molecule has 0 spiro atoms. The Kier molecular flexibility index (Phi) is 6.22. The number of hydrogen-bond acceptors (Lipinski definition) is 2. The summed E-state index contributed by atoms with van der Waals surface area (Å²) >= 11 is 3.48. The van der Waals surface area contributed by atoms with Crippen LogP contribution >= 0.6 is 15.9 Å². The average Bonchev–Trinajstić information content (AvgIpc) is 2.50. The molecule has 3 nitrogen and oxygen atoms in total. The lowest BCUT2D eigenvalue weighted by Crippen LogP contribution is -2.14. The fourth-order valence-corrected chi connectivity index (χ4v) is 2.69. The van der Waals surface area contributed by atoms with Crippen molar-refractivity contribution in [3.63, 3.8) is 0 Å². The molecular weight excluding hydrogens is 354 g/mol. The predicted octanol–water partition coefficient (Wildman–Crippen LogP) is 5.43. The van der Waals surface area contributed by atoms with E-state index in [1.807, 2.05) is 43.3 Å². The second kappa shape index (κ2) is 8.16. The van der Waals surface area contributed by atoms with Gasteiger partial charge in [-0.25, -0.2) is 0 Å². The SMILES string of the molecule is Cc1ccc(NC(=O)c2ccccc2OCCC(C)C)c(Br)c1. The summed E-state index contributed by atoms with van der Waals surface area (Å²) < 4.78 is 6.65. The monoisotopic (exact) mass is 375 g/mol. The first kappa shape index (κ1) is 17.5. The van der Waals surface area contributed by atoms with Gasteiger partial charge in [0.15, 0.2) is 0 Å². The van der Waals surface area contributed by atoms with E-state index in [1.165, 1.54) is 0 Å². The van der Waals surface area contributed by atoms with Crippen LogP contribution in [0.25, 0.3) is 0 Å². The van der Waals surface area contributed by atoms with Gasteiger partial charge in [-0.3, -0.25) is 4.79 Å². The van der Waals surface area contributed by atoms with Gasteiger partial charge < -0.3 is 10.1 Å². The van der Waals surface area contributed by atoms with Gasteiger partial charge in [-0.15, -0.1) is 0 Å². The third-order valence-electron chi connectivity index (χ3n) is 3.46. The lowest BCUT2D eigenvalue weighted by Gasteiger charge is -2.13. The number of anilines is 1. The highest BCUT2D eigenvalue weighted by atomic mass is 79.9. The highest BCUT2D eigenvalue weighted by Crippen LogP contribution is 2.26. The minimum atomic E-state index is -0.172. The molecule has 4 heteroatoms. The number of aryl methyl sites for hydroxylation is 1. The smallest absolute Gasteiger partial charge is 0.259 e. The van der Waals surface area contributed by atoms with Crippen molar-refractivity contribution >= 4 is 27.5 Å². The van der Waals surface area contributed by atoms with E-state index in [0.717, 1.165) is 22.1 Å². The maximum atomic E-state index is 12.6. The first-order valence-electron chi connectivity index (χ1n) is 7.76. The zero-order valence-corrected chi connectivity index (χ0v) is 15.3. The van der Waals surface area contributed by atoms with E-state index in [2.05, 4.69) is 35.1 Å². The van der Waals surface area contributed by atoms with Crippen LogP contribution in [-0.2, 0) is 0 Å². The number of rotatable bonds is 6. The van der Waals surface area contributed by atoms with E-state index in [4.69, 9.17) is 4.74 Å². The van der Waals surface area contributed by atoms with Crippen LogP contribution in [0.4, 0.5) is 5.69 Å². The first-order chi connectivity index (χ1) is 11.0. The van der Waals surface area contributed by atoms with Gasteiger partial charge in [0.2, 0.25) is 0 Å². The van der Waals surface area contributed by atoms with Crippen LogP contribution in [0.5, 0.6) is 5.75 Å². The predicted molar refractivity (Wildman–Crippen MR) is 98.2 cm³/mol. The molecule has 1 amide bonds. The van der Waals surface area contributed by atoms with Gasteiger partial charge in [0, 0.05) is 4.47 Å². The van der Waals surface area contributed by atoms with Gasteiger partial charge in [0.05, 0.1) is 17.9 Å². The van der Waals surface area contributed by atoms with Crippen LogP contribution in [0.1, 0.15) is 36.2 Å². The van der Waals surface area contributed by atoms with E-state index in [1.54, 1.807) is 6.07 Å². The van der Waals surface area contributed by atoms with Crippen LogP contribution in [0.2, 0.25) is 0 Å². The number of carbonyl (C=O) groups is 1. The van der Waals surface area contributed by atoms with Gasteiger partial charge in [-0.1, -0.05) is 32.0 Å². The molecule has 0 atom stereocenters. The topological polar surface area (TPSA) is 38.3 Å². The van der Waals surface area contributed by atoms with E-state index >= 15 is 0 Å². The fourth-order valence-electron chi connectivity index (χ4n) is 2.10. The zero-order valence-electron chi connectivity index (χ0n) is 13.7. The van der Waals surface area contributed by atoms with Gasteiger partial charge in [-0.2, -0.15) is 0 Å². The van der Waals surface area contributed by atoms with E-state index in [9.17, 15) is 4.79 Å². The molecule has 0 aliphatic heterocycles. The Morgan fingerprint density at radius 3 is 2.65 bits per heavy atom. The van der Waals surface area contributed by atoms with Crippen molar-refractivity contribution in [3.8, 4) is 5.75 Å². The van der Waals surface area contributed by atoms with E-state index in [-0.39, 0.29) is 5.91 Å².